The summed E-state index contributed by atoms with van der Waals surface area (Å²) in [6.45, 7) is 2.51. The molecule has 1 amide bonds. The van der Waals surface area contributed by atoms with Crippen molar-refractivity contribution in [2.75, 3.05) is 26.1 Å². The van der Waals surface area contributed by atoms with Crippen LogP contribution in [0.15, 0.2) is 36.7 Å². The summed E-state index contributed by atoms with van der Waals surface area (Å²) in [5.74, 6) is 0.920. The molecule has 184 valence electrons. The first-order valence-electron chi connectivity index (χ1n) is 11.7. The van der Waals surface area contributed by atoms with Gasteiger partial charge in [-0.3, -0.25) is 9.78 Å². The number of fused-ring (bicyclic) bond motifs is 3. The quantitative estimate of drug-likeness (QED) is 0.342. The Hall–Kier alpha value is -3.69. The minimum absolute atomic E-state index is 0.0795. The molecule has 1 atom stereocenters. The average molecular weight is 505 g/mol. The summed E-state index contributed by atoms with van der Waals surface area (Å²) in [5.41, 5.74) is 5.60. The van der Waals surface area contributed by atoms with Gasteiger partial charge in [0.15, 0.2) is 11.6 Å². The zero-order valence-electron chi connectivity index (χ0n) is 20.1. The van der Waals surface area contributed by atoms with Gasteiger partial charge in [0, 0.05) is 36.5 Å². The van der Waals surface area contributed by atoms with Crippen molar-refractivity contribution >= 4 is 39.9 Å². The first kappa shape index (κ1) is 22.8. The third-order valence-electron chi connectivity index (χ3n) is 7.11. The van der Waals surface area contributed by atoms with E-state index in [4.69, 9.17) is 26.1 Å². The van der Waals surface area contributed by atoms with Gasteiger partial charge in [-0.1, -0.05) is 17.7 Å². The monoisotopic (exact) mass is 504 g/mol. The van der Waals surface area contributed by atoms with Gasteiger partial charge < -0.3 is 25.1 Å². The van der Waals surface area contributed by atoms with Gasteiger partial charge in [-0.25, -0.2) is 9.97 Å². The Balaban J connectivity index is 1.61. The van der Waals surface area contributed by atoms with E-state index in [-0.39, 0.29) is 17.4 Å². The van der Waals surface area contributed by atoms with Crippen LogP contribution in [0.4, 0.5) is 11.4 Å². The zero-order valence-corrected chi connectivity index (χ0v) is 20.9. The summed E-state index contributed by atoms with van der Waals surface area (Å²) in [4.78, 5) is 30.5. The molecule has 0 unspecified atom stereocenters. The van der Waals surface area contributed by atoms with Crippen molar-refractivity contribution in [3.63, 3.8) is 0 Å². The molecule has 3 N–H and O–H groups in total. The Bertz CT molecular complexity index is 1510. The number of methoxy groups -OCH3 is 2. The molecule has 0 saturated heterocycles. The number of carbonyl (C=O) groups excluding carboxylic acids is 1. The summed E-state index contributed by atoms with van der Waals surface area (Å²) in [7, 11) is 3.19. The van der Waals surface area contributed by atoms with E-state index in [2.05, 4.69) is 25.6 Å². The van der Waals surface area contributed by atoms with E-state index in [9.17, 15) is 4.79 Å². The molecule has 2 aliphatic rings. The molecule has 4 heterocycles. The minimum atomic E-state index is -0.284. The number of pyridine rings is 1. The number of aromatic amines is 1. The fourth-order valence-corrected chi connectivity index (χ4v) is 5.11. The fraction of sp³-hybridized carbons (Fsp3) is 0.308. The molecular formula is C26H25ClN6O3. The fourth-order valence-electron chi connectivity index (χ4n) is 4.86. The molecule has 10 heteroatoms. The van der Waals surface area contributed by atoms with Crippen LogP contribution in [0, 0.1) is 0 Å². The number of H-pyrrole nitrogens is 1. The smallest absolute Gasteiger partial charge is 0.255 e. The number of hydrogen-bond acceptors (Lipinski definition) is 7. The second kappa shape index (κ2) is 8.46. The molecule has 6 rings (SSSR count). The van der Waals surface area contributed by atoms with Crippen molar-refractivity contribution in [1.29, 1.82) is 0 Å². The second-order valence-corrected chi connectivity index (χ2v) is 9.64. The van der Waals surface area contributed by atoms with Crippen molar-refractivity contribution in [3.8, 4) is 17.0 Å². The van der Waals surface area contributed by atoms with Crippen LogP contribution >= 0.6 is 11.6 Å². The van der Waals surface area contributed by atoms with E-state index in [1.165, 1.54) is 0 Å². The van der Waals surface area contributed by atoms with Gasteiger partial charge >= 0.3 is 0 Å². The van der Waals surface area contributed by atoms with Crippen LogP contribution < -0.4 is 15.4 Å². The van der Waals surface area contributed by atoms with E-state index in [1.807, 2.05) is 25.1 Å². The Morgan fingerprint density at radius 3 is 2.78 bits per heavy atom. The molecule has 1 spiro atoms. The van der Waals surface area contributed by atoms with Gasteiger partial charge in [0.2, 0.25) is 0 Å². The minimum Gasteiger partial charge on any atom is -0.493 e. The molecule has 4 aromatic rings. The molecule has 3 aromatic heterocycles. The highest BCUT2D eigenvalue weighted by Crippen LogP contribution is 2.54. The van der Waals surface area contributed by atoms with Crippen LogP contribution in [0.25, 0.3) is 22.3 Å². The highest BCUT2D eigenvalue weighted by atomic mass is 35.5. The maximum absolute atomic E-state index is 13.2. The van der Waals surface area contributed by atoms with Crippen molar-refractivity contribution < 1.29 is 14.3 Å². The highest BCUT2D eigenvalue weighted by Gasteiger charge is 2.51. The Labute approximate surface area is 212 Å². The Morgan fingerprint density at radius 1 is 1.19 bits per heavy atom. The van der Waals surface area contributed by atoms with E-state index in [1.54, 1.807) is 32.7 Å². The van der Waals surface area contributed by atoms with Gasteiger partial charge in [0.25, 0.3) is 5.91 Å². The average Bonchev–Trinajstić information content (AvgIpc) is 3.58. The SMILES string of the molecule is COc1c(Cl)cccc1Nc1c(-c2ccnc3cnc([C@H](C)OC)nc23)[nH]c2c1C(=O)NCC21CC1. The van der Waals surface area contributed by atoms with Gasteiger partial charge in [-0.15, -0.1) is 0 Å². The summed E-state index contributed by atoms with van der Waals surface area (Å²) in [5, 5.41) is 7.01. The number of amides is 1. The number of para-hydroxylation sites is 1. The number of carbonyl (C=O) groups is 1. The maximum atomic E-state index is 13.2. The molecule has 0 bridgehead atoms. The molecule has 1 aromatic carbocycles. The van der Waals surface area contributed by atoms with Crippen LogP contribution in [0.1, 0.15) is 47.7 Å². The zero-order chi connectivity index (χ0) is 25.0. The Kier molecular flexibility index (Phi) is 5.35. The summed E-state index contributed by atoms with van der Waals surface area (Å²) in [6, 6.07) is 7.36. The van der Waals surface area contributed by atoms with Crippen molar-refractivity contribution in [1.82, 2.24) is 25.3 Å². The third kappa shape index (κ3) is 3.50. The number of nitrogens with zero attached hydrogens (tertiary/aromatic N) is 3. The molecule has 36 heavy (non-hydrogen) atoms. The predicted molar refractivity (Wildman–Crippen MR) is 137 cm³/mol. The highest BCUT2D eigenvalue weighted by molar-refractivity contribution is 6.32. The first-order chi connectivity index (χ1) is 17.5. The van der Waals surface area contributed by atoms with Gasteiger partial charge in [0.1, 0.15) is 17.1 Å². The van der Waals surface area contributed by atoms with Gasteiger partial charge in [-0.2, -0.15) is 0 Å². The lowest BCUT2D eigenvalue weighted by atomic mass is 9.93. The van der Waals surface area contributed by atoms with Crippen molar-refractivity contribution in [3.05, 3.63) is 58.8 Å². The number of benzene rings is 1. The summed E-state index contributed by atoms with van der Waals surface area (Å²) < 4.78 is 11.0. The number of halogens is 1. The van der Waals surface area contributed by atoms with E-state index in [0.717, 1.165) is 29.8 Å². The topological polar surface area (TPSA) is 114 Å². The lowest BCUT2D eigenvalue weighted by Gasteiger charge is -2.23. The van der Waals surface area contributed by atoms with Gasteiger partial charge in [-0.05, 0) is 38.0 Å². The van der Waals surface area contributed by atoms with E-state index in [0.29, 0.717) is 51.1 Å². The molecule has 9 nitrogen and oxygen atoms in total. The summed E-state index contributed by atoms with van der Waals surface area (Å²) in [6.07, 6.45) is 5.15. The molecule has 0 radical (unpaired) electrons. The largest absolute Gasteiger partial charge is 0.493 e. The van der Waals surface area contributed by atoms with Crippen LogP contribution in [-0.2, 0) is 10.2 Å². The molecule has 1 aliphatic carbocycles. The molecule has 1 saturated carbocycles. The van der Waals surface area contributed by atoms with Gasteiger partial charge in [0.05, 0.1) is 41.0 Å². The third-order valence-corrected chi connectivity index (χ3v) is 7.41. The second-order valence-electron chi connectivity index (χ2n) is 9.23. The number of nitrogens with one attached hydrogen (secondary N) is 3. The van der Waals surface area contributed by atoms with Crippen LogP contribution in [0.2, 0.25) is 5.02 Å². The number of hydrogen-bond donors (Lipinski definition) is 3. The van der Waals surface area contributed by atoms with Crippen molar-refractivity contribution in [2.45, 2.75) is 31.3 Å². The van der Waals surface area contributed by atoms with E-state index >= 15 is 0 Å². The normalized spacial score (nSPS) is 16.5. The molecular weight excluding hydrogens is 480 g/mol. The van der Waals surface area contributed by atoms with Crippen LogP contribution in [0.5, 0.6) is 5.75 Å². The van der Waals surface area contributed by atoms with Crippen molar-refractivity contribution in [2.24, 2.45) is 0 Å². The number of rotatable bonds is 6. The number of ether oxygens (including phenoxy) is 2. The summed E-state index contributed by atoms with van der Waals surface area (Å²) >= 11 is 6.40. The standard InChI is InChI=1S/C26H25ClN6O3/c1-13(35-2)24-29-11-17-19(33-24)14(7-10-28-17)20-21(31-16-6-4-5-15(27)22(16)36-3)18-23(32-20)26(8-9-26)12-30-25(18)34/h4-7,10-11,13,31-32H,8-9,12H2,1-3H3,(H,30,34)/t13-/m0/s1. The van der Waals surface area contributed by atoms with Crippen LogP contribution in [-0.4, -0.2) is 46.6 Å². The lowest BCUT2D eigenvalue weighted by molar-refractivity contribution is 0.0938. The lowest BCUT2D eigenvalue weighted by Crippen LogP contribution is -2.39. The first-order valence-corrected chi connectivity index (χ1v) is 12.1. The number of anilines is 2. The van der Waals surface area contributed by atoms with E-state index < -0.39 is 0 Å². The maximum Gasteiger partial charge on any atom is 0.255 e. The Morgan fingerprint density at radius 2 is 2.03 bits per heavy atom. The predicted octanol–water partition coefficient (Wildman–Crippen LogP) is 4.91. The number of aromatic nitrogens is 4. The molecule has 1 aliphatic heterocycles. The molecule has 1 fully saturated rings. The van der Waals surface area contributed by atoms with Crippen LogP contribution in [0.3, 0.4) is 0 Å².